The maximum absolute atomic E-state index is 13.2. The van der Waals surface area contributed by atoms with Gasteiger partial charge in [-0.15, -0.1) is 11.8 Å². The van der Waals surface area contributed by atoms with Gasteiger partial charge in [0.2, 0.25) is 5.91 Å². The van der Waals surface area contributed by atoms with Crippen molar-refractivity contribution in [2.45, 2.75) is 64.7 Å². The first-order valence-corrected chi connectivity index (χ1v) is 13.8. The van der Waals surface area contributed by atoms with Crippen LogP contribution in [0.3, 0.4) is 0 Å². The fraction of sp³-hybridized carbons (Fsp3) is 0.481. The topological polar surface area (TPSA) is 143 Å². The van der Waals surface area contributed by atoms with E-state index in [9.17, 15) is 14.4 Å². The van der Waals surface area contributed by atoms with Crippen molar-refractivity contribution in [2.24, 2.45) is 0 Å². The number of Topliss-reactive ketones (excluding diaryl/α,β-unsaturated/α-hetero) is 1. The average Bonchev–Trinajstić information content (AvgIpc) is 2.89. The highest BCUT2D eigenvalue weighted by Crippen LogP contribution is 2.17. The van der Waals surface area contributed by atoms with Crippen LogP contribution in [0.5, 0.6) is 0 Å². The second-order valence-electron chi connectivity index (χ2n) is 9.07. The molecule has 0 bridgehead atoms. The molecule has 1 aromatic carbocycles. The summed E-state index contributed by atoms with van der Waals surface area (Å²) in [6.07, 6.45) is 2.94. The lowest BCUT2D eigenvalue weighted by Gasteiger charge is -2.20. The molecule has 0 fully saturated rings. The number of ketones is 1. The van der Waals surface area contributed by atoms with Crippen LogP contribution in [0.15, 0.2) is 41.3 Å². The summed E-state index contributed by atoms with van der Waals surface area (Å²) in [5.41, 5.74) is 2.23. The van der Waals surface area contributed by atoms with E-state index < -0.39 is 11.6 Å². The number of carbonyl (C=O) groups is 2. The Bertz CT molecular complexity index is 1150. The van der Waals surface area contributed by atoms with Crippen molar-refractivity contribution in [1.29, 1.82) is 5.41 Å². The van der Waals surface area contributed by atoms with Gasteiger partial charge in [0.05, 0.1) is 30.1 Å². The van der Waals surface area contributed by atoms with Crippen molar-refractivity contribution in [1.82, 2.24) is 14.9 Å². The number of nitrogens with two attached hydrogens (primary N) is 1. The Morgan fingerprint density at radius 2 is 1.89 bits per heavy atom. The molecule has 1 amide bonds. The third-order valence-corrected chi connectivity index (χ3v) is 6.89. The number of amides is 1. The molecule has 2 rings (SSSR count). The van der Waals surface area contributed by atoms with Gasteiger partial charge in [-0.05, 0) is 24.3 Å². The zero-order valence-corrected chi connectivity index (χ0v) is 23.0. The third-order valence-electron chi connectivity index (χ3n) is 5.83. The second kappa shape index (κ2) is 15.1. The molecular formula is C27H39N6O3S+. The van der Waals surface area contributed by atoms with Crippen LogP contribution in [-0.2, 0) is 15.3 Å². The number of hydrogen-bond acceptors (Lipinski definition) is 7. The first-order valence-electron chi connectivity index (χ1n) is 12.6. The van der Waals surface area contributed by atoms with E-state index in [4.69, 9.17) is 10.8 Å². The molecule has 0 radical (unpaired) electrons. The fourth-order valence-electron chi connectivity index (χ4n) is 3.57. The first-order chi connectivity index (χ1) is 17.7. The molecule has 9 nitrogen and oxygen atoms in total. The predicted octanol–water partition coefficient (Wildman–Crippen LogP) is 2.37. The predicted molar refractivity (Wildman–Crippen MR) is 151 cm³/mol. The number of aromatic nitrogens is 2. The molecule has 2 aromatic rings. The van der Waals surface area contributed by atoms with Crippen LogP contribution in [-0.4, -0.2) is 51.5 Å². The smallest absolute Gasteiger partial charge is 0.294 e. The molecule has 0 aliphatic rings. The van der Waals surface area contributed by atoms with E-state index in [0.29, 0.717) is 48.7 Å². The molecule has 0 spiro atoms. The van der Waals surface area contributed by atoms with Gasteiger partial charge in [0.15, 0.2) is 17.3 Å². The van der Waals surface area contributed by atoms with E-state index in [-0.39, 0.29) is 30.0 Å². The van der Waals surface area contributed by atoms with Gasteiger partial charge < -0.3 is 10.6 Å². The number of anilines is 1. The van der Waals surface area contributed by atoms with Gasteiger partial charge in [-0.1, -0.05) is 58.0 Å². The van der Waals surface area contributed by atoms with E-state index in [1.165, 1.54) is 16.3 Å². The Morgan fingerprint density at radius 1 is 1.19 bits per heavy atom. The number of thioether (sulfide) groups is 1. The number of carbonyl (C=O) groups excluding carboxylic acids is 2. The molecule has 1 unspecified atom stereocenters. The molecule has 0 saturated heterocycles. The molecule has 200 valence electrons. The lowest BCUT2D eigenvalue weighted by molar-refractivity contribution is -0.127. The van der Waals surface area contributed by atoms with Crippen LogP contribution in [0, 0.1) is 5.41 Å². The van der Waals surface area contributed by atoms with E-state index in [2.05, 4.69) is 15.6 Å². The molecule has 10 heteroatoms. The molecule has 1 aromatic heterocycles. The number of nitrogens with one attached hydrogen (secondary N) is 3. The highest BCUT2D eigenvalue weighted by molar-refractivity contribution is 7.99. The van der Waals surface area contributed by atoms with Crippen molar-refractivity contribution in [3.63, 3.8) is 0 Å². The van der Waals surface area contributed by atoms with E-state index in [1.807, 2.05) is 58.0 Å². The summed E-state index contributed by atoms with van der Waals surface area (Å²) >= 11 is 1.50. The van der Waals surface area contributed by atoms with Gasteiger partial charge in [-0.2, -0.15) is 0 Å². The summed E-state index contributed by atoms with van der Waals surface area (Å²) < 4.78 is 1.40. The van der Waals surface area contributed by atoms with Gasteiger partial charge in [0, 0.05) is 18.5 Å². The Morgan fingerprint density at radius 3 is 2.51 bits per heavy atom. The van der Waals surface area contributed by atoms with Crippen LogP contribution in [0.4, 0.5) is 5.82 Å². The highest BCUT2D eigenvalue weighted by Gasteiger charge is 2.23. The van der Waals surface area contributed by atoms with Gasteiger partial charge in [0.1, 0.15) is 6.04 Å². The minimum Gasteiger partial charge on any atom is -0.365 e. The summed E-state index contributed by atoms with van der Waals surface area (Å²) in [6.45, 7) is 7.86. The van der Waals surface area contributed by atoms with Crippen molar-refractivity contribution >= 4 is 40.7 Å². The summed E-state index contributed by atoms with van der Waals surface area (Å²) in [5.74, 6) is 0.724. The van der Waals surface area contributed by atoms with Crippen molar-refractivity contribution in [2.75, 3.05) is 24.2 Å². The van der Waals surface area contributed by atoms with Gasteiger partial charge in [-0.25, -0.2) is 4.98 Å². The molecule has 0 aliphatic heterocycles. The Balaban J connectivity index is 2.05. The minimum absolute atomic E-state index is 0.0288. The Labute approximate surface area is 222 Å². The summed E-state index contributed by atoms with van der Waals surface area (Å²) in [5, 5.41) is 19.5. The summed E-state index contributed by atoms with van der Waals surface area (Å²) in [6, 6.07) is 9.11. The summed E-state index contributed by atoms with van der Waals surface area (Å²) in [7, 11) is 0. The second-order valence-corrected chi connectivity index (χ2v) is 10.1. The zero-order valence-electron chi connectivity index (χ0n) is 22.2. The van der Waals surface area contributed by atoms with E-state index >= 15 is 0 Å². The number of rotatable bonds is 16. The number of hydrogen-bond donors (Lipinski definition) is 4. The highest BCUT2D eigenvalue weighted by atomic mass is 32.2. The number of benzene rings is 1. The molecule has 5 N–H and O–H groups in total. The number of nitrogens with zero attached hydrogens (tertiary/aromatic N) is 2. The van der Waals surface area contributed by atoms with Crippen LogP contribution >= 0.6 is 11.8 Å². The Kier molecular flexibility index (Phi) is 12.2. The van der Waals surface area contributed by atoms with E-state index in [1.54, 1.807) is 6.20 Å². The average molecular weight is 528 g/mol. The maximum Gasteiger partial charge on any atom is 0.294 e. The summed E-state index contributed by atoms with van der Waals surface area (Å²) in [4.78, 5) is 43.1. The standard InChI is InChI=1S/C27H38N6O3S/c1-5-21(28)22(29)12-13-30-25-27(36)33(15-23(32-25)18(3)4)24(6-2)26(35)31-14-20(34)17-37-16-19-10-8-7-9-11-19/h7-11,15,18,24,28-29H,5-6,12-14,16-17H2,1-4H3,(H,30,32)(H,31,35)/p+1. The van der Waals surface area contributed by atoms with Crippen molar-refractivity contribution < 1.29 is 15.0 Å². The normalized spacial score (nSPS) is 11.7. The molecular weight excluding hydrogens is 488 g/mol. The third kappa shape index (κ3) is 9.27. The van der Waals surface area contributed by atoms with Crippen LogP contribution in [0.25, 0.3) is 0 Å². The largest absolute Gasteiger partial charge is 0.365 e. The molecule has 1 atom stereocenters. The molecule has 37 heavy (non-hydrogen) atoms. The van der Waals surface area contributed by atoms with Gasteiger partial charge >= 0.3 is 0 Å². The quantitative estimate of drug-likeness (QED) is 0.247. The lowest BCUT2D eigenvalue weighted by atomic mass is 10.1. The van der Waals surface area contributed by atoms with Crippen LogP contribution in [0.1, 0.15) is 70.2 Å². The van der Waals surface area contributed by atoms with Gasteiger partial charge in [0.25, 0.3) is 5.56 Å². The first kappa shape index (κ1) is 30.0. The van der Waals surface area contributed by atoms with Crippen LogP contribution < -0.4 is 21.6 Å². The lowest BCUT2D eigenvalue weighted by Crippen LogP contribution is -2.45. The zero-order chi connectivity index (χ0) is 27.4. The molecule has 0 aliphatic carbocycles. The minimum atomic E-state index is -0.775. The Hall–Kier alpha value is -3.27. The van der Waals surface area contributed by atoms with E-state index in [0.717, 1.165) is 11.3 Å². The monoisotopic (exact) mass is 527 g/mol. The fourth-order valence-corrected chi connectivity index (χ4v) is 4.43. The van der Waals surface area contributed by atoms with Crippen LogP contribution in [0.2, 0.25) is 0 Å². The SMILES string of the molecule is CCC(=N)C(=[NH2+])CCNc1nc(C(C)C)cn(C(CC)C(=O)NCC(=O)CSCc2ccccc2)c1=O. The molecule has 0 saturated carbocycles. The maximum atomic E-state index is 13.2. The van der Waals surface area contributed by atoms with Crippen molar-refractivity contribution in [3.8, 4) is 0 Å². The van der Waals surface area contributed by atoms with Gasteiger partial charge in [-0.3, -0.25) is 29.8 Å². The van der Waals surface area contributed by atoms with Crippen molar-refractivity contribution in [3.05, 3.63) is 58.1 Å². The molecule has 1 heterocycles.